The molecule has 1 aliphatic heterocycles. The Hall–Kier alpha value is -1.30. The molecule has 2 aliphatic rings. The molecule has 0 aromatic carbocycles. The number of rotatable bonds is 5. The van der Waals surface area contributed by atoms with E-state index in [-0.39, 0.29) is 12.1 Å². The first-order valence-corrected chi connectivity index (χ1v) is 6.46. The zero-order valence-electron chi connectivity index (χ0n) is 10.5. The zero-order chi connectivity index (χ0) is 13.1. The molecule has 4 atom stereocenters. The predicted octanol–water partition coefficient (Wildman–Crippen LogP) is 0.574. The number of carbonyl (C=O) groups is 2. The van der Waals surface area contributed by atoms with Crippen LogP contribution in [0.5, 0.6) is 0 Å². The van der Waals surface area contributed by atoms with Crippen LogP contribution in [0.1, 0.15) is 26.2 Å². The van der Waals surface area contributed by atoms with Crippen LogP contribution in [0.2, 0.25) is 0 Å². The standard InChI is InChI=1S/C12H20N2O4/c1-7-4-8(7)5-13-12(17)14-6-9-2-3-10(18-9)11(15)16/h7-10H,2-6H2,1H3,(H,15,16)(H2,13,14,17). The maximum absolute atomic E-state index is 11.5. The van der Waals surface area contributed by atoms with E-state index in [1.165, 1.54) is 6.42 Å². The van der Waals surface area contributed by atoms with Crippen molar-refractivity contribution >= 4 is 12.0 Å². The average Bonchev–Trinajstić information content (AvgIpc) is 2.84. The van der Waals surface area contributed by atoms with E-state index in [1.807, 2.05) is 0 Å². The van der Waals surface area contributed by atoms with E-state index in [0.29, 0.717) is 25.3 Å². The number of amides is 2. The number of carboxylic acids is 1. The van der Waals surface area contributed by atoms with Gasteiger partial charge in [0.25, 0.3) is 0 Å². The molecule has 6 heteroatoms. The van der Waals surface area contributed by atoms with Crippen molar-refractivity contribution in [3.63, 3.8) is 0 Å². The summed E-state index contributed by atoms with van der Waals surface area (Å²) in [4.78, 5) is 22.1. The minimum Gasteiger partial charge on any atom is -0.479 e. The molecule has 1 heterocycles. The Morgan fingerprint density at radius 3 is 2.50 bits per heavy atom. The Kier molecular flexibility index (Phi) is 4.06. The number of ether oxygens (including phenoxy) is 1. The lowest BCUT2D eigenvalue weighted by Crippen LogP contribution is -2.40. The van der Waals surface area contributed by atoms with Gasteiger partial charge in [-0.2, -0.15) is 0 Å². The van der Waals surface area contributed by atoms with Crippen molar-refractivity contribution in [1.82, 2.24) is 10.6 Å². The first-order chi connectivity index (χ1) is 8.56. The minimum absolute atomic E-state index is 0.184. The molecule has 1 aliphatic carbocycles. The second kappa shape index (κ2) is 5.56. The van der Waals surface area contributed by atoms with Crippen LogP contribution < -0.4 is 10.6 Å². The molecule has 2 fully saturated rings. The molecular formula is C12H20N2O4. The van der Waals surface area contributed by atoms with Gasteiger partial charge in [-0.05, 0) is 31.1 Å². The first-order valence-electron chi connectivity index (χ1n) is 6.46. The Balaban J connectivity index is 1.57. The summed E-state index contributed by atoms with van der Waals surface area (Å²) in [5, 5.41) is 14.3. The van der Waals surface area contributed by atoms with E-state index in [4.69, 9.17) is 9.84 Å². The summed E-state index contributed by atoms with van der Waals surface area (Å²) in [6.07, 6.45) is 1.48. The Labute approximate surface area is 106 Å². The van der Waals surface area contributed by atoms with Crippen molar-refractivity contribution in [3.8, 4) is 0 Å². The third-order valence-corrected chi connectivity index (χ3v) is 3.67. The van der Waals surface area contributed by atoms with E-state index >= 15 is 0 Å². The molecular weight excluding hydrogens is 236 g/mol. The monoisotopic (exact) mass is 256 g/mol. The normalized spacial score (nSPS) is 34.1. The molecule has 102 valence electrons. The molecule has 1 saturated carbocycles. The molecule has 2 amide bonds. The van der Waals surface area contributed by atoms with Gasteiger partial charge in [-0.3, -0.25) is 0 Å². The Morgan fingerprint density at radius 1 is 1.28 bits per heavy atom. The summed E-state index contributed by atoms with van der Waals surface area (Å²) in [6.45, 7) is 3.26. The third-order valence-electron chi connectivity index (χ3n) is 3.67. The van der Waals surface area contributed by atoms with Crippen molar-refractivity contribution in [2.75, 3.05) is 13.1 Å². The molecule has 0 spiro atoms. The minimum atomic E-state index is -0.926. The smallest absolute Gasteiger partial charge is 0.332 e. The van der Waals surface area contributed by atoms with Gasteiger partial charge in [-0.1, -0.05) is 6.92 Å². The van der Waals surface area contributed by atoms with E-state index in [0.717, 1.165) is 12.5 Å². The fourth-order valence-electron chi connectivity index (χ4n) is 2.21. The summed E-state index contributed by atoms with van der Waals surface area (Å²) < 4.78 is 5.29. The molecule has 1 saturated heterocycles. The van der Waals surface area contributed by atoms with Gasteiger partial charge in [0.15, 0.2) is 6.10 Å². The maximum atomic E-state index is 11.5. The summed E-state index contributed by atoms with van der Waals surface area (Å²) in [5.74, 6) is 0.416. The van der Waals surface area contributed by atoms with Gasteiger partial charge in [0.05, 0.1) is 6.10 Å². The van der Waals surface area contributed by atoms with Crippen LogP contribution in [-0.2, 0) is 9.53 Å². The van der Waals surface area contributed by atoms with Crippen molar-refractivity contribution in [3.05, 3.63) is 0 Å². The largest absolute Gasteiger partial charge is 0.479 e. The summed E-state index contributed by atoms with van der Waals surface area (Å²) in [5.41, 5.74) is 0. The SMILES string of the molecule is CC1CC1CNC(=O)NCC1CCC(C(=O)O)O1. The lowest BCUT2D eigenvalue weighted by atomic mass is 10.2. The van der Waals surface area contributed by atoms with Gasteiger partial charge >= 0.3 is 12.0 Å². The van der Waals surface area contributed by atoms with Crippen molar-refractivity contribution < 1.29 is 19.4 Å². The highest BCUT2D eigenvalue weighted by Crippen LogP contribution is 2.36. The summed E-state index contributed by atoms with van der Waals surface area (Å²) >= 11 is 0. The molecule has 0 bridgehead atoms. The summed E-state index contributed by atoms with van der Waals surface area (Å²) in [6, 6.07) is -0.198. The van der Waals surface area contributed by atoms with E-state index in [2.05, 4.69) is 17.6 Å². The highest BCUT2D eigenvalue weighted by Gasteiger charge is 2.33. The van der Waals surface area contributed by atoms with Gasteiger partial charge in [0.1, 0.15) is 0 Å². The number of carbonyl (C=O) groups excluding carboxylic acids is 1. The van der Waals surface area contributed by atoms with Crippen LogP contribution in [0, 0.1) is 11.8 Å². The van der Waals surface area contributed by atoms with Crippen LogP contribution >= 0.6 is 0 Å². The van der Waals surface area contributed by atoms with E-state index in [1.54, 1.807) is 0 Å². The van der Waals surface area contributed by atoms with Gasteiger partial charge in [-0.25, -0.2) is 9.59 Å². The van der Waals surface area contributed by atoms with Gasteiger partial charge < -0.3 is 20.5 Å². The van der Waals surface area contributed by atoms with Gasteiger partial charge in [0.2, 0.25) is 0 Å². The topological polar surface area (TPSA) is 87.7 Å². The van der Waals surface area contributed by atoms with Crippen molar-refractivity contribution in [2.24, 2.45) is 11.8 Å². The summed E-state index contributed by atoms with van der Waals surface area (Å²) in [7, 11) is 0. The average molecular weight is 256 g/mol. The Bertz CT molecular complexity index is 334. The third kappa shape index (κ3) is 3.60. The van der Waals surface area contributed by atoms with Gasteiger partial charge in [0, 0.05) is 13.1 Å². The number of urea groups is 1. The lowest BCUT2D eigenvalue weighted by molar-refractivity contribution is -0.149. The fraction of sp³-hybridized carbons (Fsp3) is 0.833. The molecule has 6 nitrogen and oxygen atoms in total. The van der Waals surface area contributed by atoms with Crippen LogP contribution in [0.25, 0.3) is 0 Å². The maximum Gasteiger partial charge on any atom is 0.332 e. The number of aliphatic carboxylic acids is 1. The molecule has 0 aromatic rings. The number of carboxylic acid groups (broad SMARTS) is 1. The van der Waals surface area contributed by atoms with Crippen LogP contribution in [-0.4, -0.2) is 42.4 Å². The highest BCUT2D eigenvalue weighted by atomic mass is 16.5. The molecule has 4 unspecified atom stereocenters. The van der Waals surface area contributed by atoms with Crippen molar-refractivity contribution in [2.45, 2.75) is 38.4 Å². The highest BCUT2D eigenvalue weighted by molar-refractivity contribution is 5.74. The number of hydrogen-bond acceptors (Lipinski definition) is 3. The Morgan fingerprint density at radius 2 is 1.94 bits per heavy atom. The lowest BCUT2D eigenvalue weighted by Gasteiger charge is -2.12. The van der Waals surface area contributed by atoms with Gasteiger partial charge in [-0.15, -0.1) is 0 Å². The van der Waals surface area contributed by atoms with Crippen LogP contribution in [0.3, 0.4) is 0 Å². The van der Waals surface area contributed by atoms with Crippen molar-refractivity contribution in [1.29, 1.82) is 0 Å². The second-order valence-electron chi connectivity index (χ2n) is 5.23. The molecule has 3 N–H and O–H groups in total. The molecule has 0 aromatic heterocycles. The van der Waals surface area contributed by atoms with Crippen LogP contribution in [0.4, 0.5) is 4.79 Å². The quantitative estimate of drug-likeness (QED) is 0.671. The van der Waals surface area contributed by atoms with E-state index in [9.17, 15) is 9.59 Å². The fourth-order valence-corrected chi connectivity index (χ4v) is 2.21. The first kappa shape index (κ1) is 13.1. The zero-order valence-corrected chi connectivity index (χ0v) is 10.5. The number of nitrogens with one attached hydrogen (secondary N) is 2. The molecule has 2 rings (SSSR count). The molecule has 0 radical (unpaired) electrons. The molecule has 18 heavy (non-hydrogen) atoms. The van der Waals surface area contributed by atoms with E-state index < -0.39 is 12.1 Å². The second-order valence-corrected chi connectivity index (χ2v) is 5.23. The predicted molar refractivity (Wildman–Crippen MR) is 64.2 cm³/mol. The van der Waals surface area contributed by atoms with Crippen LogP contribution in [0.15, 0.2) is 0 Å². The number of hydrogen-bond donors (Lipinski definition) is 3.